The molecule has 2 saturated heterocycles. The summed E-state index contributed by atoms with van der Waals surface area (Å²) in [6.07, 6.45) is 8.69. The minimum absolute atomic E-state index is 0.0962. The molecule has 2 aliphatic heterocycles. The van der Waals surface area contributed by atoms with Gasteiger partial charge in [0.25, 0.3) is 5.91 Å². The Balaban J connectivity index is 1.38. The summed E-state index contributed by atoms with van der Waals surface area (Å²) in [6, 6.07) is 1.88. The largest absolute Gasteiger partial charge is 0.371 e. The van der Waals surface area contributed by atoms with E-state index in [9.17, 15) is 9.59 Å². The number of carbonyl (C=O) groups excluding carboxylic acids is 2. The molecule has 3 heterocycles. The first-order valence-corrected chi connectivity index (χ1v) is 10.9. The molecule has 1 aromatic heterocycles. The summed E-state index contributed by atoms with van der Waals surface area (Å²) >= 11 is 1.55. The summed E-state index contributed by atoms with van der Waals surface area (Å²) in [4.78, 5) is 29.7. The van der Waals surface area contributed by atoms with Gasteiger partial charge in [0.1, 0.15) is 0 Å². The van der Waals surface area contributed by atoms with Gasteiger partial charge in [-0.1, -0.05) is 19.1 Å². The average Bonchev–Trinajstić information content (AvgIpc) is 3.23. The molecule has 2 amide bonds. The van der Waals surface area contributed by atoms with E-state index in [4.69, 9.17) is 4.74 Å². The van der Waals surface area contributed by atoms with Gasteiger partial charge in [0.2, 0.25) is 5.91 Å². The molecule has 1 atom stereocenters. The predicted molar refractivity (Wildman–Crippen MR) is 106 cm³/mol. The van der Waals surface area contributed by atoms with Crippen LogP contribution in [0.25, 0.3) is 0 Å². The smallest absolute Gasteiger partial charge is 0.254 e. The molecule has 0 aromatic carbocycles. The zero-order chi connectivity index (χ0) is 18.9. The lowest BCUT2D eigenvalue weighted by Gasteiger charge is -2.48. The van der Waals surface area contributed by atoms with Crippen LogP contribution in [-0.4, -0.2) is 60.0 Å². The fourth-order valence-electron chi connectivity index (χ4n) is 4.55. The van der Waals surface area contributed by atoms with E-state index in [1.54, 1.807) is 11.3 Å². The van der Waals surface area contributed by atoms with Gasteiger partial charge in [-0.2, -0.15) is 11.3 Å². The average molecular weight is 389 g/mol. The predicted octanol–water partition coefficient (Wildman–Crippen LogP) is 3.33. The molecule has 1 unspecified atom stereocenters. The maximum atomic E-state index is 13.1. The highest BCUT2D eigenvalue weighted by Gasteiger charge is 2.44. The molecule has 4 rings (SSSR count). The van der Waals surface area contributed by atoms with Crippen LogP contribution in [0.1, 0.15) is 49.4 Å². The summed E-state index contributed by atoms with van der Waals surface area (Å²) in [5.41, 5.74) is 0.213. The Bertz CT molecular complexity index is 722. The van der Waals surface area contributed by atoms with Crippen molar-refractivity contribution in [3.05, 3.63) is 34.5 Å². The number of likely N-dealkylation sites (tertiary alicyclic amines) is 1. The Labute approximate surface area is 165 Å². The first-order valence-electron chi connectivity index (χ1n) is 9.91. The van der Waals surface area contributed by atoms with Crippen LogP contribution in [0, 0.1) is 5.41 Å². The first kappa shape index (κ1) is 18.7. The first-order chi connectivity index (χ1) is 13.0. The van der Waals surface area contributed by atoms with E-state index >= 15 is 0 Å². The van der Waals surface area contributed by atoms with E-state index in [2.05, 4.69) is 19.1 Å². The van der Waals surface area contributed by atoms with Gasteiger partial charge in [0, 0.05) is 25.0 Å². The maximum absolute atomic E-state index is 13.1. The van der Waals surface area contributed by atoms with Crippen LogP contribution < -0.4 is 0 Å². The van der Waals surface area contributed by atoms with Gasteiger partial charge < -0.3 is 14.5 Å². The summed E-state index contributed by atoms with van der Waals surface area (Å²) < 4.78 is 6.16. The van der Waals surface area contributed by atoms with Crippen LogP contribution in [0.4, 0.5) is 0 Å². The summed E-state index contributed by atoms with van der Waals surface area (Å²) in [5.74, 6) is 0.377. The highest BCUT2D eigenvalue weighted by atomic mass is 32.1. The molecule has 0 N–H and O–H groups in total. The van der Waals surface area contributed by atoms with E-state index < -0.39 is 0 Å². The van der Waals surface area contributed by atoms with Gasteiger partial charge >= 0.3 is 0 Å². The lowest BCUT2D eigenvalue weighted by Crippen LogP contribution is -2.59. The second-order valence-corrected chi connectivity index (χ2v) is 9.12. The van der Waals surface area contributed by atoms with E-state index in [-0.39, 0.29) is 22.8 Å². The number of ether oxygens (including phenoxy) is 1. The molecule has 1 spiro atoms. The van der Waals surface area contributed by atoms with Crippen molar-refractivity contribution in [2.45, 2.75) is 44.6 Å². The minimum Gasteiger partial charge on any atom is -0.371 e. The zero-order valence-corrected chi connectivity index (χ0v) is 16.8. The Morgan fingerprint density at radius 3 is 2.59 bits per heavy atom. The number of piperidine rings is 1. The molecule has 2 fully saturated rings. The number of hydrogen-bond acceptors (Lipinski definition) is 4. The quantitative estimate of drug-likeness (QED) is 0.730. The molecule has 27 heavy (non-hydrogen) atoms. The third-order valence-electron chi connectivity index (χ3n) is 6.38. The van der Waals surface area contributed by atoms with Crippen LogP contribution in [0.15, 0.2) is 29.0 Å². The highest BCUT2D eigenvalue weighted by Crippen LogP contribution is 2.37. The minimum atomic E-state index is -0.298. The lowest BCUT2D eigenvalue weighted by atomic mass is 9.77. The molecule has 3 aliphatic rings. The van der Waals surface area contributed by atoms with Crippen molar-refractivity contribution in [1.82, 2.24) is 9.80 Å². The number of nitrogens with zero attached hydrogens (tertiary/aromatic N) is 2. The molecule has 1 aromatic rings. The number of morpholine rings is 1. The van der Waals surface area contributed by atoms with Crippen molar-refractivity contribution in [3.8, 4) is 0 Å². The molecular weight excluding hydrogens is 360 g/mol. The molecule has 146 valence electrons. The van der Waals surface area contributed by atoms with Crippen LogP contribution in [0.5, 0.6) is 0 Å². The monoisotopic (exact) mass is 388 g/mol. The summed E-state index contributed by atoms with van der Waals surface area (Å²) in [7, 11) is 0. The fourth-order valence-corrected chi connectivity index (χ4v) is 5.18. The van der Waals surface area contributed by atoms with Crippen molar-refractivity contribution in [3.63, 3.8) is 0 Å². The van der Waals surface area contributed by atoms with Crippen LogP contribution >= 0.6 is 11.3 Å². The number of rotatable bonds is 2. The van der Waals surface area contributed by atoms with Crippen LogP contribution in [-0.2, 0) is 9.53 Å². The molecule has 6 heteroatoms. The Hall–Kier alpha value is -1.66. The summed E-state index contributed by atoms with van der Waals surface area (Å²) in [5, 5.41) is 3.85. The Morgan fingerprint density at radius 2 is 1.93 bits per heavy atom. The summed E-state index contributed by atoms with van der Waals surface area (Å²) in [6.45, 7) is 5.39. The Kier molecular flexibility index (Phi) is 5.12. The van der Waals surface area contributed by atoms with Gasteiger partial charge in [0.15, 0.2) is 0 Å². The third-order valence-corrected chi connectivity index (χ3v) is 7.06. The number of carbonyl (C=O) groups is 2. The number of hydrogen-bond donors (Lipinski definition) is 0. The second kappa shape index (κ2) is 7.40. The normalized spacial score (nSPS) is 27.7. The van der Waals surface area contributed by atoms with E-state index in [1.165, 1.54) is 0 Å². The van der Waals surface area contributed by atoms with E-state index in [1.807, 2.05) is 26.6 Å². The molecule has 5 nitrogen and oxygen atoms in total. The number of amides is 2. The van der Waals surface area contributed by atoms with E-state index in [0.717, 1.165) is 50.8 Å². The van der Waals surface area contributed by atoms with Gasteiger partial charge in [-0.25, -0.2) is 0 Å². The zero-order valence-electron chi connectivity index (χ0n) is 16.0. The molecule has 1 aliphatic carbocycles. The number of allylic oxidation sites excluding steroid dienone is 2. The Morgan fingerprint density at radius 1 is 1.11 bits per heavy atom. The topological polar surface area (TPSA) is 49.9 Å². The fraction of sp³-hybridized carbons (Fsp3) is 0.619. The maximum Gasteiger partial charge on any atom is 0.254 e. The van der Waals surface area contributed by atoms with E-state index in [0.29, 0.717) is 19.7 Å². The SMILES string of the molecule is CC1(C(=O)N2CCC3(CC2)CN(C(=O)c2ccsc2)CCO3)CC=CCC1. The molecule has 0 bridgehead atoms. The van der Waals surface area contributed by atoms with Crippen molar-refractivity contribution in [1.29, 1.82) is 0 Å². The van der Waals surface area contributed by atoms with Gasteiger partial charge in [-0.15, -0.1) is 0 Å². The highest BCUT2D eigenvalue weighted by molar-refractivity contribution is 7.08. The molecule has 0 radical (unpaired) electrons. The van der Waals surface area contributed by atoms with Gasteiger partial charge in [-0.05, 0) is 43.6 Å². The lowest BCUT2D eigenvalue weighted by molar-refractivity contribution is -0.155. The third kappa shape index (κ3) is 3.69. The van der Waals surface area contributed by atoms with Gasteiger partial charge in [0.05, 0.1) is 29.7 Å². The second-order valence-electron chi connectivity index (χ2n) is 8.34. The van der Waals surface area contributed by atoms with Crippen molar-refractivity contribution in [2.75, 3.05) is 32.8 Å². The standard InChI is InChI=1S/C21H28N2O3S/c1-20(6-3-2-4-7-20)19(25)22-10-8-21(9-11-22)16-23(12-13-26-21)18(24)17-5-14-27-15-17/h2-3,5,14-15H,4,6-13,16H2,1H3. The van der Waals surface area contributed by atoms with Crippen molar-refractivity contribution < 1.29 is 14.3 Å². The molecule has 0 saturated carbocycles. The van der Waals surface area contributed by atoms with Crippen molar-refractivity contribution >= 4 is 23.2 Å². The molecular formula is C21H28N2O3S. The van der Waals surface area contributed by atoms with Crippen LogP contribution in [0.2, 0.25) is 0 Å². The van der Waals surface area contributed by atoms with Crippen LogP contribution in [0.3, 0.4) is 0 Å². The van der Waals surface area contributed by atoms with Crippen molar-refractivity contribution in [2.24, 2.45) is 5.41 Å². The number of thiophene rings is 1. The van der Waals surface area contributed by atoms with Gasteiger partial charge in [-0.3, -0.25) is 9.59 Å².